The Morgan fingerprint density at radius 3 is 2.37 bits per heavy atom. The highest BCUT2D eigenvalue weighted by atomic mass is 16.3. The second kappa shape index (κ2) is 11.5. The number of nitrogens with two attached hydrogens (primary N) is 1. The minimum atomic E-state index is -1.30. The largest absolute Gasteiger partial charge is 0.384 e. The number of aromatic nitrogens is 3. The number of nitrogens with one attached hydrogen (secondary N) is 2. The summed E-state index contributed by atoms with van der Waals surface area (Å²) in [7, 11) is 0. The van der Waals surface area contributed by atoms with Gasteiger partial charge in [-0.15, -0.1) is 5.10 Å². The number of rotatable bonds is 9. The average Bonchev–Trinajstić information content (AvgIpc) is 3.59. The number of ketones is 1. The SMILES string of the molecule is CC(NC(=O)[C@@H]1C[C@H](n2nncc2C(C)(C)O)CN1C(=O)C(C)NC(=O)c1ccc2ccccc2c1)C(=O)C(N)=O. The van der Waals surface area contributed by atoms with E-state index in [-0.39, 0.29) is 13.0 Å². The summed E-state index contributed by atoms with van der Waals surface area (Å²) < 4.78 is 1.46. The van der Waals surface area contributed by atoms with E-state index in [1.54, 1.807) is 26.0 Å². The predicted molar refractivity (Wildman–Crippen MR) is 147 cm³/mol. The Balaban J connectivity index is 1.56. The lowest BCUT2D eigenvalue weighted by atomic mass is 10.0. The van der Waals surface area contributed by atoms with Gasteiger partial charge in [0.2, 0.25) is 17.6 Å². The molecule has 3 aromatic rings. The first kappa shape index (κ1) is 29.3. The number of Topliss-reactive ketones (excluding diaryl/α,β-unsaturated/α-hetero) is 1. The van der Waals surface area contributed by atoms with Crippen LogP contribution in [0.2, 0.25) is 0 Å². The summed E-state index contributed by atoms with van der Waals surface area (Å²) in [4.78, 5) is 64.6. The molecule has 4 rings (SSSR count). The maximum atomic E-state index is 13.7. The van der Waals surface area contributed by atoms with Gasteiger partial charge in [0, 0.05) is 18.5 Å². The van der Waals surface area contributed by atoms with Gasteiger partial charge in [-0.2, -0.15) is 0 Å². The normalized spacial score (nSPS) is 18.5. The van der Waals surface area contributed by atoms with E-state index >= 15 is 0 Å². The summed E-state index contributed by atoms with van der Waals surface area (Å²) >= 11 is 0. The van der Waals surface area contributed by atoms with Crippen LogP contribution in [0.5, 0.6) is 0 Å². The molecule has 13 nitrogen and oxygen atoms in total. The Bertz CT molecular complexity index is 1510. The highest BCUT2D eigenvalue weighted by Crippen LogP contribution is 2.31. The minimum absolute atomic E-state index is 0.0116. The van der Waals surface area contributed by atoms with Crippen LogP contribution in [0.1, 0.15) is 56.2 Å². The molecule has 2 heterocycles. The van der Waals surface area contributed by atoms with E-state index in [0.717, 1.165) is 10.8 Å². The number of nitrogens with zero attached hydrogens (tertiary/aromatic N) is 4. The molecule has 216 valence electrons. The third kappa shape index (κ3) is 6.24. The van der Waals surface area contributed by atoms with Crippen molar-refractivity contribution in [3.8, 4) is 0 Å². The maximum absolute atomic E-state index is 13.7. The molecule has 13 heteroatoms. The molecule has 1 saturated heterocycles. The van der Waals surface area contributed by atoms with E-state index in [2.05, 4.69) is 20.9 Å². The summed E-state index contributed by atoms with van der Waals surface area (Å²) in [6.45, 7) is 5.97. The molecule has 2 aromatic carbocycles. The smallest absolute Gasteiger partial charge is 0.287 e. The zero-order valence-corrected chi connectivity index (χ0v) is 23.2. The van der Waals surface area contributed by atoms with Crippen molar-refractivity contribution in [1.82, 2.24) is 30.5 Å². The van der Waals surface area contributed by atoms with Crippen LogP contribution >= 0.6 is 0 Å². The summed E-state index contributed by atoms with van der Waals surface area (Å²) in [5.74, 6) is -3.86. The van der Waals surface area contributed by atoms with Crippen LogP contribution in [0.4, 0.5) is 0 Å². The molecule has 5 N–H and O–H groups in total. The van der Waals surface area contributed by atoms with Crippen LogP contribution in [0.3, 0.4) is 0 Å². The number of hydrogen-bond donors (Lipinski definition) is 4. The van der Waals surface area contributed by atoms with Gasteiger partial charge in [0.05, 0.1) is 24.0 Å². The number of hydrogen-bond acceptors (Lipinski definition) is 8. The topological polar surface area (TPSA) is 190 Å². The van der Waals surface area contributed by atoms with E-state index in [4.69, 9.17) is 5.73 Å². The van der Waals surface area contributed by atoms with Crippen molar-refractivity contribution in [1.29, 1.82) is 0 Å². The molecule has 2 unspecified atom stereocenters. The molecular formula is C28H33N7O6. The Labute approximate surface area is 236 Å². The van der Waals surface area contributed by atoms with Gasteiger partial charge in [0.25, 0.3) is 11.8 Å². The standard InChI is InChI=1S/C28H33N7O6/c1-15(23(36)24(29)37)31-26(39)21-12-20(35-22(13-30-33-35)28(3,4)41)14-34(21)27(40)16(2)32-25(38)19-10-9-17-7-5-6-8-18(17)11-19/h5-11,13,15-16,20-21,41H,12,14H2,1-4H3,(H2,29,37)(H,31,39)(H,32,38)/t15?,16?,20-,21-/m0/s1. The van der Waals surface area contributed by atoms with E-state index in [1.165, 1.54) is 29.6 Å². The maximum Gasteiger partial charge on any atom is 0.287 e. The van der Waals surface area contributed by atoms with Gasteiger partial charge in [-0.1, -0.05) is 35.5 Å². The molecule has 1 fully saturated rings. The number of fused-ring (bicyclic) bond motifs is 1. The van der Waals surface area contributed by atoms with Crippen molar-refractivity contribution in [2.45, 2.75) is 63.9 Å². The van der Waals surface area contributed by atoms with E-state index in [1.807, 2.05) is 30.3 Å². The van der Waals surface area contributed by atoms with Gasteiger partial charge in [-0.3, -0.25) is 24.0 Å². The third-order valence-electron chi connectivity index (χ3n) is 7.14. The van der Waals surface area contributed by atoms with Gasteiger partial charge in [-0.05, 0) is 50.6 Å². The fraction of sp³-hybridized carbons (Fsp3) is 0.393. The summed E-state index contributed by atoms with van der Waals surface area (Å²) in [6.07, 6.45) is 1.48. The van der Waals surface area contributed by atoms with Crippen molar-refractivity contribution in [3.63, 3.8) is 0 Å². The molecule has 4 atom stereocenters. The van der Waals surface area contributed by atoms with Crippen LogP contribution in [-0.2, 0) is 24.8 Å². The Morgan fingerprint density at radius 2 is 1.71 bits per heavy atom. The summed E-state index contributed by atoms with van der Waals surface area (Å²) in [6, 6.07) is 8.92. The quantitative estimate of drug-likeness (QED) is 0.265. The zero-order valence-electron chi connectivity index (χ0n) is 23.2. The highest BCUT2D eigenvalue weighted by Gasteiger charge is 2.44. The average molecular weight is 564 g/mol. The first-order chi connectivity index (χ1) is 19.3. The lowest BCUT2D eigenvalue weighted by Crippen LogP contribution is -2.55. The molecule has 1 aromatic heterocycles. The van der Waals surface area contributed by atoms with Gasteiger partial charge in [0.15, 0.2) is 0 Å². The Hall–Kier alpha value is -4.65. The van der Waals surface area contributed by atoms with Crippen LogP contribution in [0, 0.1) is 0 Å². The monoisotopic (exact) mass is 563 g/mol. The minimum Gasteiger partial charge on any atom is -0.384 e. The number of benzene rings is 2. The lowest BCUT2D eigenvalue weighted by molar-refractivity contribution is -0.141. The van der Waals surface area contributed by atoms with Crippen molar-refractivity contribution in [3.05, 3.63) is 59.9 Å². The Kier molecular flexibility index (Phi) is 8.19. The molecule has 0 bridgehead atoms. The molecule has 0 radical (unpaired) electrons. The number of likely N-dealkylation sites (tertiary alicyclic amines) is 1. The van der Waals surface area contributed by atoms with Crippen LogP contribution in [-0.4, -0.2) is 79.1 Å². The predicted octanol–water partition coefficient (Wildman–Crippen LogP) is 0.178. The van der Waals surface area contributed by atoms with Crippen LogP contribution < -0.4 is 16.4 Å². The zero-order chi connectivity index (χ0) is 30.1. The number of carbonyl (C=O) groups excluding carboxylic acids is 5. The third-order valence-corrected chi connectivity index (χ3v) is 7.14. The van der Waals surface area contributed by atoms with Crippen molar-refractivity contribution >= 4 is 40.2 Å². The highest BCUT2D eigenvalue weighted by molar-refractivity contribution is 6.37. The van der Waals surface area contributed by atoms with Crippen molar-refractivity contribution in [2.75, 3.05) is 6.54 Å². The molecule has 0 saturated carbocycles. The molecule has 1 aliphatic heterocycles. The van der Waals surface area contributed by atoms with Crippen molar-refractivity contribution in [2.24, 2.45) is 5.73 Å². The summed E-state index contributed by atoms with van der Waals surface area (Å²) in [5.41, 5.74) is 4.51. The molecular weight excluding hydrogens is 530 g/mol. The van der Waals surface area contributed by atoms with E-state index in [0.29, 0.717) is 11.3 Å². The first-order valence-electron chi connectivity index (χ1n) is 13.1. The second-order valence-electron chi connectivity index (χ2n) is 10.7. The molecule has 4 amide bonds. The second-order valence-corrected chi connectivity index (χ2v) is 10.7. The van der Waals surface area contributed by atoms with Gasteiger partial charge in [-0.25, -0.2) is 4.68 Å². The molecule has 41 heavy (non-hydrogen) atoms. The molecule has 1 aliphatic rings. The Morgan fingerprint density at radius 1 is 1.02 bits per heavy atom. The summed E-state index contributed by atoms with van der Waals surface area (Å²) in [5, 5.41) is 25.5. The number of aliphatic hydroxyl groups is 1. The van der Waals surface area contributed by atoms with Crippen molar-refractivity contribution < 1.29 is 29.1 Å². The van der Waals surface area contributed by atoms with E-state index < -0.39 is 59.2 Å². The number of primary amides is 1. The lowest BCUT2D eigenvalue weighted by Gasteiger charge is -2.27. The first-order valence-corrected chi connectivity index (χ1v) is 13.1. The van der Waals surface area contributed by atoms with Crippen LogP contribution in [0.15, 0.2) is 48.7 Å². The fourth-order valence-corrected chi connectivity index (χ4v) is 4.94. The van der Waals surface area contributed by atoms with Gasteiger partial charge >= 0.3 is 0 Å². The van der Waals surface area contributed by atoms with Crippen LogP contribution in [0.25, 0.3) is 10.8 Å². The fourth-order valence-electron chi connectivity index (χ4n) is 4.94. The van der Waals surface area contributed by atoms with Gasteiger partial charge in [0.1, 0.15) is 17.7 Å². The number of carbonyl (C=O) groups is 5. The number of amides is 4. The van der Waals surface area contributed by atoms with E-state index in [9.17, 15) is 29.1 Å². The van der Waals surface area contributed by atoms with Gasteiger partial charge < -0.3 is 26.4 Å². The molecule has 0 spiro atoms. The molecule has 0 aliphatic carbocycles.